The Labute approximate surface area is 105 Å². The Bertz CT molecular complexity index is 551. The highest BCUT2D eigenvalue weighted by atomic mass is 19.1. The van der Waals surface area contributed by atoms with E-state index in [0.717, 1.165) is 13.1 Å². The van der Waals surface area contributed by atoms with Crippen molar-refractivity contribution in [2.45, 2.75) is 19.7 Å². The molecule has 1 N–H and O–H groups in total. The zero-order valence-electron chi connectivity index (χ0n) is 9.95. The van der Waals surface area contributed by atoms with Crippen molar-refractivity contribution < 1.29 is 9.13 Å². The number of halogens is 1. The number of ether oxygens (including phenoxy) is 1. The number of hydrogen-bond acceptors (Lipinski definition) is 2. The minimum absolute atomic E-state index is 0.243. The third-order valence-corrected chi connectivity index (χ3v) is 3.20. The molecule has 0 fully saturated rings. The zero-order valence-corrected chi connectivity index (χ0v) is 9.95. The molecule has 0 aliphatic carbocycles. The van der Waals surface area contributed by atoms with Crippen LogP contribution in [0.5, 0.6) is 5.75 Å². The average Bonchev–Trinajstić information content (AvgIpc) is 2.87. The van der Waals surface area contributed by atoms with E-state index in [1.54, 1.807) is 12.1 Å². The van der Waals surface area contributed by atoms with Crippen molar-refractivity contribution in [3.8, 4) is 5.75 Å². The molecule has 0 atom stereocenters. The van der Waals surface area contributed by atoms with E-state index in [0.29, 0.717) is 12.4 Å². The van der Waals surface area contributed by atoms with Gasteiger partial charge in [0.15, 0.2) is 0 Å². The number of nitrogens with one attached hydrogen (secondary N) is 1. The van der Waals surface area contributed by atoms with Gasteiger partial charge in [-0.1, -0.05) is 18.2 Å². The highest BCUT2D eigenvalue weighted by Gasteiger charge is 2.13. The van der Waals surface area contributed by atoms with Gasteiger partial charge in [0.2, 0.25) is 0 Å². The van der Waals surface area contributed by atoms with Crippen LogP contribution < -0.4 is 10.1 Å². The lowest BCUT2D eigenvalue weighted by Gasteiger charge is -2.09. The predicted molar refractivity (Wildman–Crippen MR) is 67.7 cm³/mol. The predicted octanol–water partition coefficient (Wildman–Crippen LogP) is 3.01. The van der Waals surface area contributed by atoms with Crippen LogP contribution in [-0.2, 0) is 19.7 Å². The van der Waals surface area contributed by atoms with Crippen LogP contribution in [0, 0.1) is 5.82 Å². The van der Waals surface area contributed by atoms with Gasteiger partial charge >= 0.3 is 0 Å². The number of hydrogen-bond donors (Lipinski definition) is 1. The van der Waals surface area contributed by atoms with Crippen molar-refractivity contribution in [1.29, 1.82) is 0 Å². The molecule has 2 aromatic rings. The second kappa shape index (κ2) is 4.78. The molecule has 3 rings (SSSR count). The normalized spacial score (nSPS) is 13.4. The quantitative estimate of drug-likeness (QED) is 0.894. The van der Waals surface area contributed by atoms with Gasteiger partial charge in [0.1, 0.15) is 18.2 Å². The molecule has 0 saturated carbocycles. The fourth-order valence-electron chi connectivity index (χ4n) is 2.23. The lowest BCUT2D eigenvalue weighted by atomic mass is 10.0. The van der Waals surface area contributed by atoms with E-state index in [1.165, 1.54) is 28.8 Å². The first-order valence-corrected chi connectivity index (χ1v) is 6.01. The van der Waals surface area contributed by atoms with Crippen molar-refractivity contribution in [2.24, 2.45) is 0 Å². The first kappa shape index (κ1) is 11.2. The first-order chi connectivity index (χ1) is 8.83. The molecule has 1 aliphatic rings. The molecule has 0 saturated heterocycles. The maximum atomic E-state index is 12.8. The molecule has 18 heavy (non-hydrogen) atoms. The van der Waals surface area contributed by atoms with Crippen molar-refractivity contribution in [2.75, 3.05) is 0 Å². The van der Waals surface area contributed by atoms with Gasteiger partial charge in [0.05, 0.1) is 0 Å². The molecule has 2 aromatic carbocycles. The molecule has 2 nitrogen and oxygen atoms in total. The Morgan fingerprint density at radius 1 is 1.06 bits per heavy atom. The van der Waals surface area contributed by atoms with Gasteiger partial charge in [-0.25, -0.2) is 4.39 Å². The van der Waals surface area contributed by atoms with Crippen LogP contribution in [0.2, 0.25) is 0 Å². The van der Waals surface area contributed by atoms with Crippen LogP contribution in [0.15, 0.2) is 42.5 Å². The molecule has 92 valence electrons. The van der Waals surface area contributed by atoms with E-state index in [2.05, 4.69) is 23.5 Å². The summed E-state index contributed by atoms with van der Waals surface area (Å²) in [6, 6.07) is 12.4. The molecular formula is C15H14FNO. The summed E-state index contributed by atoms with van der Waals surface area (Å²) in [6.45, 7) is 2.36. The molecule has 0 radical (unpaired) electrons. The maximum Gasteiger partial charge on any atom is 0.123 e. The molecule has 1 aliphatic heterocycles. The topological polar surface area (TPSA) is 21.3 Å². The maximum absolute atomic E-state index is 12.8. The molecule has 3 heteroatoms. The average molecular weight is 243 g/mol. The Hall–Kier alpha value is -1.87. The monoisotopic (exact) mass is 243 g/mol. The minimum atomic E-state index is -0.243. The van der Waals surface area contributed by atoms with Crippen LogP contribution in [0.4, 0.5) is 4.39 Å². The van der Waals surface area contributed by atoms with Gasteiger partial charge in [-0.05, 0) is 41.0 Å². The second-order valence-corrected chi connectivity index (χ2v) is 4.40. The van der Waals surface area contributed by atoms with Gasteiger partial charge in [0, 0.05) is 13.1 Å². The fourth-order valence-corrected chi connectivity index (χ4v) is 2.23. The zero-order chi connectivity index (χ0) is 12.4. The summed E-state index contributed by atoms with van der Waals surface area (Å²) in [5.41, 5.74) is 3.87. The molecule has 0 amide bonds. The molecule has 0 aromatic heterocycles. The Kier molecular flexibility index (Phi) is 2.99. The largest absolute Gasteiger partial charge is 0.489 e. The third-order valence-electron chi connectivity index (χ3n) is 3.20. The lowest BCUT2D eigenvalue weighted by molar-refractivity contribution is 0.304. The smallest absolute Gasteiger partial charge is 0.123 e. The molecule has 1 heterocycles. The summed E-state index contributed by atoms with van der Waals surface area (Å²) in [5.74, 6) is 0.451. The van der Waals surface area contributed by atoms with Crippen molar-refractivity contribution in [1.82, 2.24) is 5.32 Å². The van der Waals surface area contributed by atoms with E-state index >= 15 is 0 Å². The minimum Gasteiger partial charge on any atom is -0.489 e. The Morgan fingerprint density at radius 2 is 1.89 bits per heavy atom. The Balaban J connectivity index is 1.74. The number of benzene rings is 2. The summed E-state index contributed by atoms with van der Waals surface area (Å²) in [4.78, 5) is 0. The summed E-state index contributed by atoms with van der Waals surface area (Å²) in [5, 5.41) is 3.33. The van der Waals surface area contributed by atoms with Crippen molar-refractivity contribution >= 4 is 0 Å². The summed E-state index contributed by atoms with van der Waals surface area (Å²) >= 11 is 0. The van der Waals surface area contributed by atoms with Gasteiger partial charge < -0.3 is 10.1 Å². The second-order valence-electron chi connectivity index (χ2n) is 4.40. The van der Waals surface area contributed by atoms with Gasteiger partial charge in [0.25, 0.3) is 0 Å². The molecular weight excluding hydrogens is 229 g/mol. The third kappa shape index (κ3) is 2.22. The van der Waals surface area contributed by atoms with E-state index in [4.69, 9.17) is 4.74 Å². The lowest BCUT2D eigenvalue weighted by Crippen LogP contribution is -2.03. The van der Waals surface area contributed by atoms with Crippen LogP contribution in [0.3, 0.4) is 0 Å². The molecule has 0 bridgehead atoms. The van der Waals surface area contributed by atoms with Crippen LogP contribution in [-0.4, -0.2) is 0 Å². The molecule has 0 unspecified atom stereocenters. The van der Waals surface area contributed by atoms with Crippen LogP contribution >= 0.6 is 0 Å². The van der Waals surface area contributed by atoms with E-state index in [-0.39, 0.29) is 5.82 Å². The first-order valence-electron chi connectivity index (χ1n) is 6.01. The standard InChI is InChI=1S/C15H14FNO/c16-13-4-6-14(7-5-13)18-10-12-3-1-2-11-8-17-9-15(11)12/h1-7,17H,8-10H2. The SMILES string of the molecule is Fc1ccc(OCc2cccc3c2CNC3)cc1. The van der Waals surface area contributed by atoms with Crippen molar-refractivity contribution in [3.63, 3.8) is 0 Å². The highest BCUT2D eigenvalue weighted by Crippen LogP contribution is 2.21. The highest BCUT2D eigenvalue weighted by molar-refractivity contribution is 5.37. The van der Waals surface area contributed by atoms with E-state index in [9.17, 15) is 4.39 Å². The van der Waals surface area contributed by atoms with Crippen molar-refractivity contribution in [3.05, 3.63) is 65.0 Å². The summed E-state index contributed by atoms with van der Waals surface area (Å²) in [6.07, 6.45) is 0. The summed E-state index contributed by atoms with van der Waals surface area (Å²) < 4.78 is 18.4. The summed E-state index contributed by atoms with van der Waals surface area (Å²) in [7, 11) is 0. The van der Waals surface area contributed by atoms with Gasteiger partial charge in [-0.3, -0.25) is 0 Å². The van der Waals surface area contributed by atoms with Crippen LogP contribution in [0.25, 0.3) is 0 Å². The van der Waals surface area contributed by atoms with E-state index in [1.807, 2.05) is 0 Å². The van der Waals surface area contributed by atoms with E-state index < -0.39 is 0 Å². The Morgan fingerprint density at radius 3 is 2.72 bits per heavy atom. The number of fused-ring (bicyclic) bond motifs is 1. The fraction of sp³-hybridized carbons (Fsp3) is 0.200. The van der Waals surface area contributed by atoms with Gasteiger partial charge in [-0.2, -0.15) is 0 Å². The van der Waals surface area contributed by atoms with Gasteiger partial charge in [-0.15, -0.1) is 0 Å². The van der Waals surface area contributed by atoms with Crippen LogP contribution in [0.1, 0.15) is 16.7 Å². The number of rotatable bonds is 3. The molecule has 0 spiro atoms.